The number of ether oxygens (including phenoxy) is 2. The van der Waals surface area contributed by atoms with Gasteiger partial charge in [0.25, 0.3) is 0 Å². The lowest BCUT2D eigenvalue weighted by molar-refractivity contribution is -0.117. The summed E-state index contributed by atoms with van der Waals surface area (Å²) < 4.78 is 10.5. The van der Waals surface area contributed by atoms with E-state index in [-0.39, 0.29) is 18.5 Å². The van der Waals surface area contributed by atoms with Crippen LogP contribution in [0.3, 0.4) is 0 Å². The van der Waals surface area contributed by atoms with E-state index < -0.39 is 0 Å². The largest absolute Gasteiger partial charge is 0.497 e. The Bertz CT molecular complexity index is 933. The van der Waals surface area contributed by atoms with Crippen molar-refractivity contribution in [3.63, 3.8) is 0 Å². The van der Waals surface area contributed by atoms with Crippen molar-refractivity contribution in [2.24, 2.45) is 0 Å². The first-order valence-corrected chi connectivity index (χ1v) is 9.34. The maximum atomic E-state index is 12.5. The standard InChI is InChI=1S/C22H26N4O3/c1-15(20-13-21(25-24-20)16-8-6-5-7-9-16)26(2)14-22(27)23-17-10-18(28-3)12-19(11-17)29-4/h5-13,15H,14H2,1-4H3,(H,23,27)(H,24,25). The van der Waals surface area contributed by atoms with Crippen molar-refractivity contribution in [3.05, 3.63) is 60.3 Å². The van der Waals surface area contributed by atoms with Gasteiger partial charge in [0.2, 0.25) is 5.91 Å². The molecule has 7 heteroatoms. The van der Waals surface area contributed by atoms with Crippen LogP contribution in [0.1, 0.15) is 18.7 Å². The molecule has 0 aliphatic heterocycles. The van der Waals surface area contributed by atoms with E-state index in [0.717, 1.165) is 17.0 Å². The Kier molecular flexibility index (Phi) is 6.51. The highest BCUT2D eigenvalue weighted by Gasteiger charge is 2.18. The van der Waals surface area contributed by atoms with E-state index in [1.807, 2.05) is 55.3 Å². The summed E-state index contributed by atoms with van der Waals surface area (Å²) in [5, 5.41) is 10.4. The fourth-order valence-corrected chi connectivity index (χ4v) is 2.99. The van der Waals surface area contributed by atoms with Crippen LogP contribution in [0.15, 0.2) is 54.6 Å². The lowest BCUT2D eigenvalue weighted by Gasteiger charge is -2.23. The summed E-state index contributed by atoms with van der Waals surface area (Å²) in [7, 11) is 5.05. The van der Waals surface area contributed by atoms with Crippen LogP contribution in [0.5, 0.6) is 11.5 Å². The number of hydrogen-bond donors (Lipinski definition) is 2. The molecule has 3 rings (SSSR count). The zero-order valence-corrected chi connectivity index (χ0v) is 17.1. The normalized spacial score (nSPS) is 11.9. The number of methoxy groups -OCH3 is 2. The average molecular weight is 394 g/mol. The Morgan fingerprint density at radius 3 is 2.38 bits per heavy atom. The van der Waals surface area contributed by atoms with Crippen molar-refractivity contribution >= 4 is 11.6 Å². The molecule has 0 fully saturated rings. The molecule has 0 aliphatic rings. The monoisotopic (exact) mass is 394 g/mol. The third kappa shape index (κ3) is 5.14. The number of H-pyrrole nitrogens is 1. The van der Waals surface area contributed by atoms with Crippen molar-refractivity contribution in [2.45, 2.75) is 13.0 Å². The van der Waals surface area contributed by atoms with Crippen LogP contribution in [0.2, 0.25) is 0 Å². The van der Waals surface area contributed by atoms with Gasteiger partial charge in [0, 0.05) is 35.5 Å². The molecular weight excluding hydrogens is 368 g/mol. The average Bonchev–Trinajstić information content (AvgIpc) is 3.23. The molecule has 1 heterocycles. The molecule has 1 amide bonds. The quantitative estimate of drug-likeness (QED) is 0.609. The minimum absolute atomic E-state index is 0.00874. The second-order valence-electron chi connectivity index (χ2n) is 6.82. The third-order valence-corrected chi connectivity index (χ3v) is 4.81. The Hall–Kier alpha value is -3.32. The van der Waals surface area contributed by atoms with Crippen LogP contribution < -0.4 is 14.8 Å². The van der Waals surface area contributed by atoms with Crippen molar-refractivity contribution in [2.75, 3.05) is 33.1 Å². The SMILES string of the molecule is COc1cc(NC(=O)CN(C)C(C)c2cc(-c3ccccc3)n[nH]2)cc(OC)c1. The fraction of sp³-hybridized carbons (Fsp3) is 0.273. The second-order valence-corrected chi connectivity index (χ2v) is 6.82. The van der Waals surface area contributed by atoms with Crippen LogP contribution in [0.25, 0.3) is 11.3 Å². The lowest BCUT2D eigenvalue weighted by atomic mass is 10.1. The van der Waals surface area contributed by atoms with Gasteiger partial charge in [-0.2, -0.15) is 5.10 Å². The second kappa shape index (κ2) is 9.25. The highest BCUT2D eigenvalue weighted by molar-refractivity contribution is 5.92. The number of aromatic amines is 1. The highest BCUT2D eigenvalue weighted by Crippen LogP contribution is 2.26. The van der Waals surface area contributed by atoms with Gasteiger partial charge in [-0.1, -0.05) is 30.3 Å². The minimum Gasteiger partial charge on any atom is -0.497 e. The number of amides is 1. The number of likely N-dealkylation sites (N-methyl/N-ethyl adjacent to an activating group) is 1. The van der Waals surface area contributed by atoms with E-state index >= 15 is 0 Å². The van der Waals surface area contributed by atoms with Gasteiger partial charge in [-0.05, 0) is 20.0 Å². The molecule has 0 saturated heterocycles. The zero-order chi connectivity index (χ0) is 20.8. The maximum Gasteiger partial charge on any atom is 0.238 e. The fourth-order valence-electron chi connectivity index (χ4n) is 2.99. The van der Waals surface area contributed by atoms with E-state index in [1.165, 1.54) is 0 Å². The van der Waals surface area contributed by atoms with Gasteiger partial charge in [0.05, 0.1) is 32.2 Å². The Balaban J connectivity index is 1.63. The van der Waals surface area contributed by atoms with Crippen molar-refractivity contribution in [3.8, 4) is 22.8 Å². The van der Waals surface area contributed by atoms with Gasteiger partial charge in [-0.15, -0.1) is 0 Å². The van der Waals surface area contributed by atoms with E-state index in [0.29, 0.717) is 17.2 Å². The topological polar surface area (TPSA) is 79.5 Å². The first-order chi connectivity index (χ1) is 14.0. The molecule has 152 valence electrons. The smallest absolute Gasteiger partial charge is 0.238 e. The molecule has 29 heavy (non-hydrogen) atoms. The van der Waals surface area contributed by atoms with Gasteiger partial charge in [-0.3, -0.25) is 14.8 Å². The van der Waals surface area contributed by atoms with Crippen molar-refractivity contribution in [1.29, 1.82) is 0 Å². The van der Waals surface area contributed by atoms with E-state index in [4.69, 9.17) is 9.47 Å². The number of nitrogens with zero attached hydrogens (tertiary/aromatic N) is 2. The molecule has 0 bridgehead atoms. The van der Waals surface area contributed by atoms with Crippen molar-refractivity contribution < 1.29 is 14.3 Å². The molecular formula is C22H26N4O3. The first-order valence-electron chi connectivity index (χ1n) is 9.34. The summed E-state index contributed by atoms with van der Waals surface area (Å²) >= 11 is 0. The van der Waals surface area contributed by atoms with E-state index in [9.17, 15) is 4.79 Å². The van der Waals surface area contributed by atoms with Gasteiger partial charge < -0.3 is 14.8 Å². The Morgan fingerprint density at radius 1 is 1.10 bits per heavy atom. The molecule has 1 unspecified atom stereocenters. The first kappa shape index (κ1) is 20.4. The van der Waals surface area contributed by atoms with E-state index in [2.05, 4.69) is 15.5 Å². The van der Waals surface area contributed by atoms with Gasteiger partial charge in [0.1, 0.15) is 11.5 Å². The summed E-state index contributed by atoms with van der Waals surface area (Å²) in [5.74, 6) is 1.11. The molecule has 0 radical (unpaired) electrons. The predicted molar refractivity (Wildman–Crippen MR) is 113 cm³/mol. The number of benzene rings is 2. The molecule has 0 spiro atoms. The minimum atomic E-state index is -0.127. The summed E-state index contributed by atoms with van der Waals surface area (Å²) in [6.07, 6.45) is 0. The summed E-state index contributed by atoms with van der Waals surface area (Å²) in [4.78, 5) is 14.5. The maximum absolute atomic E-state index is 12.5. The number of carbonyl (C=O) groups is 1. The molecule has 0 aliphatic carbocycles. The van der Waals surface area contributed by atoms with Gasteiger partial charge in [-0.25, -0.2) is 0 Å². The highest BCUT2D eigenvalue weighted by atomic mass is 16.5. The number of anilines is 1. The molecule has 3 aromatic rings. The van der Waals surface area contributed by atoms with Gasteiger partial charge in [0.15, 0.2) is 0 Å². The Labute approximate surface area is 170 Å². The summed E-state index contributed by atoms with van der Waals surface area (Å²) in [5.41, 5.74) is 3.51. The molecule has 1 atom stereocenters. The van der Waals surface area contributed by atoms with Crippen molar-refractivity contribution in [1.82, 2.24) is 15.1 Å². The number of carbonyl (C=O) groups excluding carboxylic acids is 1. The summed E-state index contributed by atoms with van der Waals surface area (Å²) in [6.45, 7) is 2.25. The molecule has 7 nitrogen and oxygen atoms in total. The number of nitrogens with one attached hydrogen (secondary N) is 2. The molecule has 2 aromatic carbocycles. The molecule has 0 saturated carbocycles. The Morgan fingerprint density at radius 2 is 1.76 bits per heavy atom. The van der Waals surface area contributed by atoms with Gasteiger partial charge >= 0.3 is 0 Å². The molecule has 2 N–H and O–H groups in total. The van der Waals surface area contributed by atoms with Crippen LogP contribution >= 0.6 is 0 Å². The van der Waals surface area contributed by atoms with E-state index in [1.54, 1.807) is 32.4 Å². The molecule has 1 aromatic heterocycles. The van der Waals surface area contributed by atoms with Crippen LogP contribution in [-0.4, -0.2) is 48.8 Å². The van der Waals surface area contributed by atoms with Crippen LogP contribution in [0, 0.1) is 0 Å². The third-order valence-electron chi connectivity index (χ3n) is 4.81. The number of hydrogen-bond acceptors (Lipinski definition) is 5. The lowest BCUT2D eigenvalue weighted by Crippen LogP contribution is -2.32. The van der Waals surface area contributed by atoms with Crippen LogP contribution in [0.4, 0.5) is 5.69 Å². The number of aromatic nitrogens is 2. The number of rotatable bonds is 8. The predicted octanol–water partition coefficient (Wildman–Crippen LogP) is 3.73. The van der Waals surface area contributed by atoms with Crippen LogP contribution in [-0.2, 0) is 4.79 Å². The zero-order valence-electron chi connectivity index (χ0n) is 17.1. The summed E-state index contributed by atoms with van der Waals surface area (Å²) in [6, 6.07) is 17.3.